The Morgan fingerprint density at radius 3 is 0.970 bits per heavy atom. The van der Waals surface area contributed by atoms with Crippen molar-refractivity contribution in [2.24, 2.45) is 0 Å². The molecule has 0 aliphatic rings. The summed E-state index contributed by atoms with van der Waals surface area (Å²) in [5, 5.41) is 0. The second-order valence-electron chi connectivity index (χ2n) is 10.1. The number of rotatable bonds is 26. The third-order valence-corrected chi connectivity index (χ3v) is 9.81. The van der Waals surface area contributed by atoms with Gasteiger partial charge >= 0.3 is 165 Å². The summed E-state index contributed by atoms with van der Waals surface area (Å²) in [5.74, 6) is 0. The molecule has 0 bridgehead atoms. The van der Waals surface area contributed by atoms with Crippen LogP contribution in [0.4, 0.5) is 0 Å². The summed E-state index contributed by atoms with van der Waals surface area (Å²) in [4.78, 5) is 2.49. The summed E-state index contributed by atoms with van der Waals surface area (Å²) in [6.45, 7) is 6.95. The average molecular weight is 581 g/mol. The molecule has 0 radical (unpaired) electrons. The van der Waals surface area contributed by atoms with Crippen LogP contribution in [0.15, 0.2) is 0 Å². The zero-order valence-electron chi connectivity index (χ0n) is 22.6. The summed E-state index contributed by atoms with van der Waals surface area (Å²) in [6.07, 6.45) is 34.1. The van der Waals surface area contributed by atoms with E-state index in [4.69, 9.17) is 12.2 Å². The standard InChI is InChI=1S/C29H59NS2.Mo/c1-3-5-7-9-11-13-15-16-17-18-20-22-24-26-28-30(29(31)32)27-25-23-21-19-14-12-10-8-6-4-2;/h3-28H2,1-2H3,(H,31,32);/q;+1/p-1. The molecular weight excluding hydrogens is 522 g/mol. The quantitative estimate of drug-likeness (QED) is 0.0569. The van der Waals surface area contributed by atoms with E-state index in [1.54, 1.807) is 9.47 Å². The summed E-state index contributed by atoms with van der Waals surface area (Å²) < 4.78 is 1.12. The van der Waals surface area contributed by atoms with Gasteiger partial charge in [-0.25, -0.2) is 0 Å². The van der Waals surface area contributed by atoms with E-state index in [0.29, 0.717) is 0 Å². The van der Waals surface area contributed by atoms with Gasteiger partial charge in [0.25, 0.3) is 0 Å². The average Bonchev–Trinajstić information content (AvgIpc) is 2.83. The fourth-order valence-corrected chi connectivity index (χ4v) is 5.88. The van der Waals surface area contributed by atoms with Crippen molar-refractivity contribution in [2.45, 2.75) is 168 Å². The minimum atomic E-state index is 1.12. The van der Waals surface area contributed by atoms with E-state index in [9.17, 15) is 0 Å². The first-order chi connectivity index (χ1) is 16.3. The molecule has 0 spiro atoms. The van der Waals surface area contributed by atoms with Gasteiger partial charge in [0.2, 0.25) is 0 Å². The van der Waals surface area contributed by atoms with Gasteiger partial charge in [-0.2, -0.15) is 0 Å². The Bertz CT molecular complexity index is 392. The molecule has 0 unspecified atom stereocenters. The second kappa shape index (κ2) is 29.2. The van der Waals surface area contributed by atoms with E-state index in [2.05, 4.69) is 37.3 Å². The number of unbranched alkanes of at least 4 members (excludes halogenated alkanes) is 22. The van der Waals surface area contributed by atoms with Crippen LogP contribution >= 0.6 is 21.7 Å². The monoisotopic (exact) mass is 582 g/mol. The molecule has 0 rings (SSSR count). The molecule has 0 saturated heterocycles. The fourth-order valence-electron chi connectivity index (χ4n) is 4.63. The predicted octanol–water partition coefficient (Wildman–Crippen LogP) is 11.2. The van der Waals surface area contributed by atoms with Gasteiger partial charge in [-0.15, -0.1) is 0 Å². The molecule has 0 aliphatic carbocycles. The van der Waals surface area contributed by atoms with E-state index < -0.39 is 0 Å². The van der Waals surface area contributed by atoms with Gasteiger partial charge in [0.1, 0.15) is 0 Å². The zero-order chi connectivity index (χ0) is 24.2. The molecule has 0 fully saturated rings. The Kier molecular flexibility index (Phi) is 30.0. The predicted molar refractivity (Wildman–Crippen MR) is 154 cm³/mol. The van der Waals surface area contributed by atoms with Crippen LogP contribution in [0.3, 0.4) is 0 Å². The molecule has 0 aromatic heterocycles. The molecule has 4 heteroatoms. The molecule has 0 saturated carbocycles. The van der Waals surface area contributed by atoms with Crippen LogP contribution in [0.1, 0.15) is 168 Å². The molecule has 197 valence electrons. The van der Waals surface area contributed by atoms with Crippen molar-refractivity contribution in [1.82, 2.24) is 4.90 Å². The topological polar surface area (TPSA) is 3.24 Å². The van der Waals surface area contributed by atoms with Crippen LogP contribution in [0, 0.1) is 0 Å². The van der Waals surface area contributed by atoms with Crippen molar-refractivity contribution in [2.75, 3.05) is 13.1 Å². The molecule has 0 atom stereocenters. The van der Waals surface area contributed by atoms with Gasteiger partial charge < -0.3 is 0 Å². The Morgan fingerprint density at radius 1 is 0.485 bits per heavy atom. The van der Waals surface area contributed by atoms with Crippen molar-refractivity contribution in [3.8, 4) is 0 Å². The van der Waals surface area contributed by atoms with Crippen molar-refractivity contribution in [3.63, 3.8) is 0 Å². The second-order valence-corrected chi connectivity index (χ2v) is 12.5. The third kappa shape index (κ3) is 25.8. The molecule has 0 heterocycles. The summed E-state index contributed by atoms with van der Waals surface area (Å²) in [5.41, 5.74) is 0. The van der Waals surface area contributed by atoms with Crippen LogP contribution in [0.25, 0.3) is 0 Å². The Labute approximate surface area is 229 Å². The molecule has 33 heavy (non-hydrogen) atoms. The maximum absolute atomic E-state index is 5.64. The van der Waals surface area contributed by atoms with E-state index in [1.165, 1.54) is 167 Å². The first-order valence-corrected chi connectivity index (χ1v) is 18.5. The molecule has 0 N–H and O–H groups in total. The van der Waals surface area contributed by atoms with E-state index in [-0.39, 0.29) is 0 Å². The number of hydrogen-bond donors (Lipinski definition) is 0. The molecule has 0 aliphatic heterocycles. The maximum atomic E-state index is 5.64. The summed E-state index contributed by atoms with van der Waals surface area (Å²) in [7, 11) is 1.77. The van der Waals surface area contributed by atoms with Gasteiger partial charge in [-0.1, -0.05) is 65.2 Å². The van der Waals surface area contributed by atoms with Crippen molar-refractivity contribution in [3.05, 3.63) is 0 Å². The van der Waals surface area contributed by atoms with E-state index in [0.717, 1.165) is 4.32 Å². The van der Waals surface area contributed by atoms with E-state index in [1.807, 2.05) is 0 Å². The number of thiocarbonyl (C=S) groups is 1. The molecule has 0 aromatic carbocycles. The number of nitrogens with zero attached hydrogens (tertiary/aromatic N) is 1. The van der Waals surface area contributed by atoms with Gasteiger partial charge in [0.15, 0.2) is 0 Å². The van der Waals surface area contributed by atoms with Gasteiger partial charge in [0.05, 0.1) is 0 Å². The Morgan fingerprint density at radius 2 is 0.727 bits per heavy atom. The van der Waals surface area contributed by atoms with Crippen LogP contribution < -0.4 is 0 Å². The van der Waals surface area contributed by atoms with Crippen molar-refractivity contribution >= 4 is 26.0 Å². The van der Waals surface area contributed by atoms with Crippen molar-refractivity contribution in [1.29, 1.82) is 0 Å². The fraction of sp³-hybridized carbons (Fsp3) is 0.966. The Balaban J connectivity index is 3.53. The van der Waals surface area contributed by atoms with Crippen LogP contribution in [-0.4, -0.2) is 22.3 Å². The third-order valence-electron chi connectivity index (χ3n) is 6.89. The summed E-state index contributed by atoms with van der Waals surface area (Å²) in [6, 6.07) is 0. The molecule has 0 amide bonds. The first-order valence-electron chi connectivity index (χ1n) is 14.8. The number of hydrogen-bond acceptors (Lipinski definition) is 2. The van der Waals surface area contributed by atoms with Crippen molar-refractivity contribution < 1.29 is 18.5 Å². The van der Waals surface area contributed by atoms with Crippen LogP contribution in [-0.2, 0) is 18.5 Å². The van der Waals surface area contributed by atoms with Gasteiger partial charge in [-0.3, -0.25) is 0 Å². The SMILES string of the molecule is CCCCCCCCCCCCCCCCN(CCCCCCCCCCCC)C(=S)[S][Mo]. The first kappa shape index (κ1) is 33.9. The molecule has 1 nitrogen and oxygen atoms in total. The van der Waals surface area contributed by atoms with Crippen LogP contribution in [0.2, 0.25) is 0 Å². The van der Waals surface area contributed by atoms with Gasteiger partial charge in [0, 0.05) is 0 Å². The normalized spacial score (nSPS) is 11.2. The summed E-state index contributed by atoms with van der Waals surface area (Å²) >= 11 is 7.70. The zero-order valence-corrected chi connectivity index (χ0v) is 26.2. The minimum absolute atomic E-state index is 1.12. The Hall–Kier alpha value is 0.928. The van der Waals surface area contributed by atoms with E-state index >= 15 is 0 Å². The molecule has 0 aromatic rings. The van der Waals surface area contributed by atoms with Gasteiger partial charge in [-0.05, 0) is 0 Å². The molecular formula is C29H58MoNS2. The van der Waals surface area contributed by atoms with Crippen LogP contribution in [0.5, 0.6) is 0 Å².